The van der Waals surface area contributed by atoms with E-state index in [4.69, 9.17) is 18.0 Å². The lowest BCUT2D eigenvalue weighted by atomic mass is 10.1. The molecule has 1 fully saturated rings. The van der Waals surface area contributed by atoms with E-state index >= 15 is 0 Å². The lowest BCUT2D eigenvalue weighted by molar-refractivity contribution is -0.119. The molecule has 2 rings (SSSR count). The van der Waals surface area contributed by atoms with E-state index in [9.17, 15) is 4.79 Å². The fourth-order valence-electron chi connectivity index (χ4n) is 1.92. The van der Waals surface area contributed by atoms with Gasteiger partial charge in [0, 0.05) is 0 Å². The maximum atomic E-state index is 12.1. The zero-order chi connectivity index (χ0) is 14.0. The molecule has 0 atom stereocenters. The minimum atomic E-state index is -0.700. The van der Waals surface area contributed by atoms with E-state index in [0.29, 0.717) is 12.8 Å². The summed E-state index contributed by atoms with van der Waals surface area (Å²) in [5.74, 6) is -0.00493. The number of aromatic nitrogens is 3. The van der Waals surface area contributed by atoms with Crippen molar-refractivity contribution in [3.8, 4) is 0 Å². The van der Waals surface area contributed by atoms with Gasteiger partial charge in [-0.05, 0) is 25.7 Å². The van der Waals surface area contributed by atoms with Crippen molar-refractivity contribution >= 4 is 29.1 Å². The minimum absolute atomic E-state index is 0.224. The maximum Gasteiger partial charge on any atom is 0.249 e. The number of nitrogens with two attached hydrogens (primary N) is 1. The van der Waals surface area contributed by atoms with E-state index in [2.05, 4.69) is 20.5 Å². The van der Waals surface area contributed by atoms with Crippen LogP contribution in [-0.4, -0.2) is 26.1 Å². The van der Waals surface area contributed by atoms with Crippen molar-refractivity contribution in [3.05, 3.63) is 11.4 Å². The number of hydrogen-bond acceptors (Lipinski definition) is 5. The standard InChI is InChI=1S/C12H17N5OS/c1-3-7-8(4-2)16-17-11(14-7)15-10(18)12(5-6-12)9(13)19/h3-6H2,1-2H3,(H2,13,19)(H,14,15,17,18). The van der Waals surface area contributed by atoms with Crippen molar-refractivity contribution in [2.75, 3.05) is 5.32 Å². The Labute approximate surface area is 117 Å². The Morgan fingerprint density at radius 3 is 2.42 bits per heavy atom. The first kappa shape index (κ1) is 13.8. The molecule has 1 saturated carbocycles. The quantitative estimate of drug-likeness (QED) is 0.781. The normalized spacial score (nSPS) is 15.9. The predicted molar refractivity (Wildman–Crippen MR) is 75.7 cm³/mol. The third-order valence-electron chi connectivity index (χ3n) is 3.39. The average molecular weight is 279 g/mol. The molecule has 0 spiro atoms. The molecular weight excluding hydrogens is 262 g/mol. The number of nitrogens with zero attached hydrogens (tertiary/aromatic N) is 3. The first-order chi connectivity index (χ1) is 9.03. The van der Waals surface area contributed by atoms with E-state index in [0.717, 1.165) is 24.2 Å². The molecule has 0 unspecified atom stereocenters. The van der Waals surface area contributed by atoms with Crippen LogP contribution in [0.5, 0.6) is 0 Å². The van der Waals surface area contributed by atoms with E-state index in [1.165, 1.54) is 0 Å². The summed E-state index contributed by atoms with van der Waals surface area (Å²) in [6.45, 7) is 3.99. The van der Waals surface area contributed by atoms with Gasteiger partial charge in [-0.3, -0.25) is 10.1 Å². The smallest absolute Gasteiger partial charge is 0.249 e. The fraction of sp³-hybridized carbons (Fsp3) is 0.583. The van der Waals surface area contributed by atoms with Crippen LogP contribution in [0.2, 0.25) is 0 Å². The number of thiocarbonyl (C=S) groups is 1. The second kappa shape index (κ2) is 5.16. The third-order valence-corrected chi connectivity index (χ3v) is 3.78. The number of hydrogen-bond donors (Lipinski definition) is 2. The predicted octanol–water partition coefficient (Wildman–Crippen LogP) is 1.00. The minimum Gasteiger partial charge on any atom is -0.392 e. The van der Waals surface area contributed by atoms with Crippen molar-refractivity contribution in [1.29, 1.82) is 0 Å². The summed E-state index contributed by atoms with van der Waals surface area (Å²) in [6.07, 6.45) is 2.90. The zero-order valence-corrected chi connectivity index (χ0v) is 11.9. The molecule has 1 amide bonds. The van der Waals surface area contributed by atoms with Crippen molar-refractivity contribution in [2.45, 2.75) is 39.5 Å². The summed E-state index contributed by atoms with van der Waals surface area (Å²) < 4.78 is 0. The molecule has 7 heteroatoms. The SMILES string of the molecule is CCc1nnc(NC(=O)C2(C(N)=S)CC2)nc1CC. The number of aryl methyl sites for hydroxylation is 2. The molecule has 1 aromatic rings. The Hall–Kier alpha value is -1.63. The maximum absolute atomic E-state index is 12.1. The van der Waals surface area contributed by atoms with Gasteiger partial charge in [0.15, 0.2) is 0 Å². The molecule has 19 heavy (non-hydrogen) atoms. The first-order valence-electron chi connectivity index (χ1n) is 6.37. The summed E-state index contributed by atoms with van der Waals surface area (Å²) in [5.41, 5.74) is 6.62. The first-order valence-corrected chi connectivity index (χ1v) is 6.78. The highest BCUT2D eigenvalue weighted by Crippen LogP contribution is 2.46. The van der Waals surface area contributed by atoms with E-state index in [1.54, 1.807) is 0 Å². The fourth-order valence-corrected chi connectivity index (χ4v) is 2.22. The number of nitrogens with one attached hydrogen (secondary N) is 1. The Balaban J connectivity index is 2.16. The topological polar surface area (TPSA) is 93.8 Å². The Morgan fingerprint density at radius 2 is 1.95 bits per heavy atom. The second-order valence-electron chi connectivity index (χ2n) is 4.64. The van der Waals surface area contributed by atoms with Crippen molar-refractivity contribution < 1.29 is 4.79 Å². The Bertz CT molecular complexity index is 527. The van der Waals surface area contributed by atoms with Gasteiger partial charge in [0.05, 0.1) is 21.8 Å². The van der Waals surface area contributed by atoms with Gasteiger partial charge in [-0.25, -0.2) is 4.98 Å². The summed E-state index contributed by atoms with van der Waals surface area (Å²) >= 11 is 4.94. The van der Waals surface area contributed by atoms with Crippen LogP contribution in [0.4, 0.5) is 5.95 Å². The second-order valence-corrected chi connectivity index (χ2v) is 5.08. The molecule has 6 nitrogen and oxygen atoms in total. The van der Waals surface area contributed by atoms with Crippen molar-refractivity contribution in [2.24, 2.45) is 11.1 Å². The van der Waals surface area contributed by atoms with Crippen LogP contribution in [0.25, 0.3) is 0 Å². The third kappa shape index (κ3) is 2.56. The van der Waals surface area contributed by atoms with Gasteiger partial charge >= 0.3 is 0 Å². The van der Waals surface area contributed by atoms with Gasteiger partial charge in [0.1, 0.15) is 0 Å². The van der Waals surface area contributed by atoms with Crippen LogP contribution < -0.4 is 11.1 Å². The zero-order valence-electron chi connectivity index (χ0n) is 11.1. The van der Waals surface area contributed by atoms with Crippen LogP contribution in [-0.2, 0) is 17.6 Å². The Morgan fingerprint density at radius 1 is 1.32 bits per heavy atom. The molecule has 102 valence electrons. The van der Waals surface area contributed by atoms with Gasteiger partial charge in [0.25, 0.3) is 0 Å². The highest BCUT2D eigenvalue weighted by Gasteiger charge is 2.53. The van der Waals surface area contributed by atoms with E-state index in [1.807, 2.05) is 13.8 Å². The van der Waals surface area contributed by atoms with Crippen LogP contribution in [0.15, 0.2) is 0 Å². The van der Waals surface area contributed by atoms with Gasteiger partial charge in [-0.1, -0.05) is 26.1 Å². The molecule has 3 N–H and O–H groups in total. The molecule has 1 aliphatic rings. The molecule has 0 radical (unpaired) electrons. The van der Waals surface area contributed by atoms with Crippen molar-refractivity contribution in [1.82, 2.24) is 15.2 Å². The molecule has 0 aliphatic heterocycles. The summed E-state index contributed by atoms with van der Waals surface area (Å²) in [5, 5.41) is 10.7. The van der Waals surface area contributed by atoms with Gasteiger partial charge in [0.2, 0.25) is 11.9 Å². The van der Waals surface area contributed by atoms with Gasteiger partial charge < -0.3 is 5.73 Å². The van der Waals surface area contributed by atoms with Crippen LogP contribution in [0.1, 0.15) is 38.1 Å². The Kier molecular flexibility index (Phi) is 3.75. The molecule has 1 aromatic heterocycles. The van der Waals surface area contributed by atoms with Crippen LogP contribution >= 0.6 is 12.2 Å². The monoisotopic (exact) mass is 279 g/mol. The number of amides is 1. The summed E-state index contributed by atoms with van der Waals surface area (Å²) in [7, 11) is 0. The number of carbonyl (C=O) groups excluding carboxylic acids is 1. The largest absolute Gasteiger partial charge is 0.392 e. The van der Waals surface area contributed by atoms with E-state index in [-0.39, 0.29) is 16.8 Å². The number of anilines is 1. The highest BCUT2D eigenvalue weighted by molar-refractivity contribution is 7.80. The molecule has 0 saturated heterocycles. The average Bonchev–Trinajstić information content (AvgIpc) is 3.20. The molecule has 0 bridgehead atoms. The van der Waals surface area contributed by atoms with E-state index < -0.39 is 5.41 Å². The number of carbonyl (C=O) groups is 1. The van der Waals surface area contributed by atoms with Gasteiger partial charge in [-0.2, -0.15) is 0 Å². The summed E-state index contributed by atoms with van der Waals surface area (Å²) in [4.78, 5) is 16.7. The van der Waals surface area contributed by atoms with Gasteiger partial charge in [-0.15, -0.1) is 10.2 Å². The summed E-state index contributed by atoms with van der Waals surface area (Å²) in [6, 6.07) is 0. The number of rotatable bonds is 5. The van der Waals surface area contributed by atoms with Crippen LogP contribution in [0.3, 0.4) is 0 Å². The molecule has 1 heterocycles. The lowest BCUT2D eigenvalue weighted by Gasteiger charge is -2.13. The van der Waals surface area contributed by atoms with Crippen LogP contribution in [0, 0.1) is 5.41 Å². The lowest BCUT2D eigenvalue weighted by Crippen LogP contribution is -2.35. The van der Waals surface area contributed by atoms with Crippen molar-refractivity contribution in [3.63, 3.8) is 0 Å². The molecule has 0 aromatic carbocycles. The molecular formula is C12H17N5OS. The molecule has 1 aliphatic carbocycles. The highest BCUT2D eigenvalue weighted by atomic mass is 32.1.